The van der Waals surface area contributed by atoms with Crippen LogP contribution in [0, 0.1) is 11.8 Å². The summed E-state index contributed by atoms with van der Waals surface area (Å²) in [4.78, 5) is 0. The maximum Gasteiger partial charge on any atom is 0.280 e. The van der Waals surface area contributed by atoms with E-state index in [1.807, 2.05) is 0 Å². The molecule has 0 amide bonds. The van der Waals surface area contributed by atoms with Crippen molar-refractivity contribution in [1.82, 2.24) is 9.03 Å². The van der Waals surface area contributed by atoms with Crippen molar-refractivity contribution in [3.05, 3.63) is 0 Å². The van der Waals surface area contributed by atoms with Crippen LogP contribution < -0.4 is 4.72 Å². The zero-order chi connectivity index (χ0) is 13.4. The fraction of sp³-hybridized carbons (Fsp3) is 1.00. The highest BCUT2D eigenvalue weighted by molar-refractivity contribution is 7.87. The van der Waals surface area contributed by atoms with E-state index in [4.69, 9.17) is 0 Å². The molecule has 1 aliphatic heterocycles. The van der Waals surface area contributed by atoms with E-state index in [9.17, 15) is 13.5 Å². The minimum Gasteiger partial charge on any atom is -0.394 e. The third kappa shape index (κ3) is 2.87. The van der Waals surface area contributed by atoms with Gasteiger partial charge >= 0.3 is 0 Å². The van der Waals surface area contributed by atoms with Crippen molar-refractivity contribution >= 4 is 10.2 Å². The van der Waals surface area contributed by atoms with E-state index in [0.717, 1.165) is 25.7 Å². The zero-order valence-electron chi connectivity index (χ0n) is 11.2. The van der Waals surface area contributed by atoms with Crippen molar-refractivity contribution in [2.24, 2.45) is 11.8 Å². The van der Waals surface area contributed by atoms with Crippen LogP contribution >= 0.6 is 0 Å². The summed E-state index contributed by atoms with van der Waals surface area (Å²) < 4.78 is 29.0. The van der Waals surface area contributed by atoms with Crippen molar-refractivity contribution < 1.29 is 13.5 Å². The number of hydrogen-bond acceptors (Lipinski definition) is 3. The first-order valence-electron chi connectivity index (χ1n) is 6.77. The first kappa shape index (κ1) is 14.2. The smallest absolute Gasteiger partial charge is 0.280 e. The Morgan fingerprint density at radius 1 is 1.28 bits per heavy atom. The Balaban J connectivity index is 2.06. The van der Waals surface area contributed by atoms with Gasteiger partial charge in [-0.25, -0.2) is 0 Å². The number of hydrogen-bond donors (Lipinski definition) is 2. The standard InChI is InChI=1S/C12H24N2O3S/c1-10-6-11(2)8-14(7-10)18(16,17)13-12(9-15)4-3-5-12/h10-11,13,15H,3-9H2,1-2H3. The molecule has 0 aromatic rings. The summed E-state index contributed by atoms with van der Waals surface area (Å²) in [5, 5.41) is 9.36. The van der Waals surface area contributed by atoms with Gasteiger partial charge in [0.05, 0.1) is 12.1 Å². The van der Waals surface area contributed by atoms with E-state index in [2.05, 4.69) is 18.6 Å². The lowest BCUT2D eigenvalue weighted by Crippen LogP contribution is -2.60. The van der Waals surface area contributed by atoms with Gasteiger partial charge in [0.1, 0.15) is 0 Å². The zero-order valence-corrected chi connectivity index (χ0v) is 12.0. The Bertz CT molecular complexity index is 377. The minimum absolute atomic E-state index is 0.106. The van der Waals surface area contributed by atoms with Gasteiger partial charge in [-0.3, -0.25) is 0 Å². The molecule has 1 aliphatic carbocycles. The maximum atomic E-state index is 12.3. The molecule has 2 rings (SSSR count). The van der Waals surface area contributed by atoms with Gasteiger partial charge in [0.2, 0.25) is 0 Å². The Morgan fingerprint density at radius 2 is 1.83 bits per heavy atom. The number of nitrogens with zero attached hydrogens (tertiary/aromatic N) is 1. The van der Waals surface area contributed by atoms with Crippen molar-refractivity contribution in [2.45, 2.75) is 45.1 Å². The van der Waals surface area contributed by atoms with Crippen LogP contribution in [-0.2, 0) is 10.2 Å². The fourth-order valence-electron chi connectivity index (χ4n) is 3.04. The summed E-state index contributed by atoms with van der Waals surface area (Å²) in [6, 6.07) is 0. The SMILES string of the molecule is CC1CC(C)CN(S(=O)(=O)NC2(CO)CCC2)C1. The van der Waals surface area contributed by atoms with Crippen LogP contribution in [0.4, 0.5) is 0 Å². The highest BCUT2D eigenvalue weighted by Crippen LogP contribution is 2.33. The molecule has 0 aromatic heterocycles. The second-order valence-corrected chi connectivity index (χ2v) is 7.83. The monoisotopic (exact) mass is 276 g/mol. The Hall–Kier alpha value is -0.170. The molecule has 1 saturated heterocycles. The van der Waals surface area contributed by atoms with Crippen LogP contribution in [-0.4, -0.2) is 43.1 Å². The van der Waals surface area contributed by atoms with Gasteiger partial charge in [0.15, 0.2) is 0 Å². The number of nitrogens with one attached hydrogen (secondary N) is 1. The highest BCUT2D eigenvalue weighted by Gasteiger charge is 2.42. The summed E-state index contributed by atoms with van der Waals surface area (Å²) in [6.07, 6.45) is 3.54. The molecule has 18 heavy (non-hydrogen) atoms. The second-order valence-electron chi connectivity index (χ2n) is 6.16. The molecule has 2 N–H and O–H groups in total. The molecule has 0 bridgehead atoms. The first-order chi connectivity index (χ1) is 8.37. The van der Waals surface area contributed by atoms with Crippen LogP contribution in [0.25, 0.3) is 0 Å². The third-order valence-electron chi connectivity index (χ3n) is 4.13. The van der Waals surface area contributed by atoms with Gasteiger partial charge in [0.25, 0.3) is 10.2 Å². The van der Waals surface area contributed by atoms with Crippen LogP contribution in [0.3, 0.4) is 0 Å². The molecule has 0 aromatic carbocycles. The van der Waals surface area contributed by atoms with E-state index in [0.29, 0.717) is 24.9 Å². The molecular formula is C12H24N2O3S. The van der Waals surface area contributed by atoms with E-state index < -0.39 is 15.7 Å². The maximum absolute atomic E-state index is 12.3. The van der Waals surface area contributed by atoms with Gasteiger partial charge in [0, 0.05) is 13.1 Å². The molecule has 0 spiro atoms. The van der Waals surface area contributed by atoms with Gasteiger partial charge < -0.3 is 5.11 Å². The number of aliphatic hydroxyl groups is 1. The molecule has 1 saturated carbocycles. The summed E-state index contributed by atoms with van der Waals surface area (Å²) in [6.45, 7) is 5.24. The highest BCUT2D eigenvalue weighted by atomic mass is 32.2. The van der Waals surface area contributed by atoms with E-state index in [1.54, 1.807) is 4.31 Å². The Labute approximate surface area is 110 Å². The first-order valence-corrected chi connectivity index (χ1v) is 8.21. The largest absolute Gasteiger partial charge is 0.394 e. The lowest BCUT2D eigenvalue weighted by atomic mass is 9.78. The molecule has 6 heteroatoms. The van der Waals surface area contributed by atoms with Gasteiger partial charge in [-0.15, -0.1) is 0 Å². The molecule has 2 atom stereocenters. The Kier molecular flexibility index (Phi) is 4.02. The average molecular weight is 276 g/mol. The second kappa shape index (κ2) is 5.07. The van der Waals surface area contributed by atoms with E-state index in [-0.39, 0.29) is 6.61 Å². The molecular weight excluding hydrogens is 252 g/mol. The van der Waals surface area contributed by atoms with E-state index in [1.165, 1.54) is 0 Å². The molecule has 106 valence electrons. The van der Waals surface area contributed by atoms with Crippen LogP contribution in [0.1, 0.15) is 39.5 Å². The lowest BCUT2D eigenvalue weighted by molar-refractivity contribution is 0.106. The summed E-state index contributed by atoms with van der Waals surface area (Å²) in [7, 11) is -3.46. The summed E-state index contributed by atoms with van der Waals surface area (Å²) in [5.74, 6) is 0.800. The van der Waals surface area contributed by atoms with Gasteiger partial charge in [-0.2, -0.15) is 17.4 Å². The van der Waals surface area contributed by atoms with Crippen LogP contribution in [0.15, 0.2) is 0 Å². The third-order valence-corrected chi connectivity index (χ3v) is 5.80. The predicted molar refractivity (Wildman–Crippen MR) is 70.2 cm³/mol. The average Bonchev–Trinajstić information content (AvgIpc) is 2.22. The summed E-state index contributed by atoms with van der Waals surface area (Å²) in [5.41, 5.74) is -0.594. The van der Waals surface area contributed by atoms with Crippen molar-refractivity contribution in [1.29, 1.82) is 0 Å². The van der Waals surface area contributed by atoms with Crippen molar-refractivity contribution in [3.63, 3.8) is 0 Å². The number of rotatable bonds is 4. The van der Waals surface area contributed by atoms with Crippen molar-refractivity contribution in [3.8, 4) is 0 Å². The van der Waals surface area contributed by atoms with Crippen molar-refractivity contribution in [2.75, 3.05) is 19.7 Å². The quantitative estimate of drug-likeness (QED) is 0.794. The molecule has 5 nitrogen and oxygen atoms in total. The number of piperidine rings is 1. The lowest BCUT2D eigenvalue weighted by Gasteiger charge is -2.43. The molecule has 0 radical (unpaired) electrons. The normalized spacial score (nSPS) is 33.1. The molecule has 1 heterocycles. The summed E-state index contributed by atoms with van der Waals surface area (Å²) >= 11 is 0. The topological polar surface area (TPSA) is 69.6 Å². The predicted octanol–water partition coefficient (Wildman–Crippen LogP) is 0.714. The van der Waals surface area contributed by atoms with Crippen LogP contribution in [0.2, 0.25) is 0 Å². The van der Waals surface area contributed by atoms with Gasteiger partial charge in [-0.1, -0.05) is 13.8 Å². The van der Waals surface area contributed by atoms with E-state index >= 15 is 0 Å². The molecule has 2 aliphatic rings. The fourth-order valence-corrected chi connectivity index (χ4v) is 4.88. The van der Waals surface area contributed by atoms with Gasteiger partial charge in [-0.05, 0) is 37.5 Å². The Morgan fingerprint density at radius 3 is 2.22 bits per heavy atom. The molecule has 2 unspecified atom stereocenters. The minimum atomic E-state index is -3.46. The van der Waals surface area contributed by atoms with Crippen LogP contribution in [0.5, 0.6) is 0 Å². The number of aliphatic hydroxyl groups excluding tert-OH is 1. The molecule has 2 fully saturated rings.